The van der Waals surface area contributed by atoms with Crippen LogP contribution in [-0.2, 0) is 11.2 Å². The number of carbonyl (C=O) groups is 2. The quantitative estimate of drug-likeness (QED) is 0.605. The first-order valence-corrected chi connectivity index (χ1v) is 8.78. The average Bonchev–Trinajstić information content (AvgIpc) is 2.69. The molecule has 5 nitrogen and oxygen atoms in total. The van der Waals surface area contributed by atoms with E-state index in [4.69, 9.17) is 0 Å². The molecule has 0 fully saturated rings. The second kappa shape index (κ2) is 8.76. The van der Waals surface area contributed by atoms with Crippen molar-refractivity contribution in [2.75, 3.05) is 10.6 Å². The highest BCUT2D eigenvalue weighted by Gasteiger charge is 2.04. The lowest BCUT2D eigenvalue weighted by Crippen LogP contribution is -2.12. The van der Waals surface area contributed by atoms with Gasteiger partial charge in [-0.1, -0.05) is 30.3 Å². The number of aryl methyl sites for hydroxylation is 1. The summed E-state index contributed by atoms with van der Waals surface area (Å²) in [6.45, 7) is 1.54. The molecule has 0 aliphatic carbocycles. The van der Waals surface area contributed by atoms with Crippen molar-refractivity contribution in [3.8, 4) is 0 Å². The van der Waals surface area contributed by atoms with Crippen LogP contribution in [-0.4, -0.2) is 16.7 Å². The number of amides is 1. The monoisotopic (exact) mass is 359 g/mol. The van der Waals surface area contributed by atoms with Gasteiger partial charge in [0.05, 0.1) is 11.9 Å². The van der Waals surface area contributed by atoms with Crippen molar-refractivity contribution >= 4 is 28.9 Å². The Hall–Kier alpha value is -3.47. The number of nitrogens with zero attached hydrogens (tertiary/aromatic N) is 1. The molecule has 0 aliphatic rings. The highest BCUT2D eigenvalue weighted by Crippen LogP contribution is 2.17. The van der Waals surface area contributed by atoms with Crippen LogP contribution in [0.15, 0.2) is 72.9 Å². The van der Waals surface area contributed by atoms with Crippen molar-refractivity contribution in [1.82, 2.24) is 4.98 Å². The Balaban J connectivity index is 1.52. The highest BCUT2D eigenvalue weighted by molar-refractivity contribution is 5.94. The Kier molecular flexibility index (Phi) is 5.94. The molecule has 3 rings (SSSR count). The third kappa shape index (κ3) is 5.51. The van der Waals surface area contributed by atoms with E-state index in [1.165, 1.54) is 6.92 Å². The van der Waals surface area contributed by atoms with Gasteiger partial charge in [-0.2, -0.15) is 0 Å². The molecule has 27 heavy (non-hydrogen) atoms. The molecule has 0 atom stereocenters. The molecule has 0 saturated heterocycles. The van der Waals surface area contributed by atoms with Crippen molar-refractivity contribution in [3.63, 3.8) is 0 Å². The number of carbonyl (C=O) groups excluding carboxylic acids is 2. The van der Waals surface area contributed by atoms with Gasteiger partial charge in [-0.25, -0.2) is 4.98 Å². The Labute approximate surface area is 158 Å². The predicted octanol–water partition coefficient (Wildman–Crippen LogP) is 4.60. The van der Waals surface area contributed by atoms with E-state index in [0.717, 1.165) is 11.3 Å². The third-order valence-corrected chi connectivity index (χ3v) is 4.09. The molecule has 2 N–H and O–H groups in total. The van der Waals surface area contributed by atoms with Gasteiger partial charge in [0.2, 0.25) is 5.91 Å². The van der Waals surface area contributed by atoms with Crippen molar-refractivity contribution in [2.24, 2.45) is 0 Å². The zero-order valence-electron chi connectivity index (χ0n) is 15.1. The SMILES string of the molecule is CC(=O)c1ccc(Nc2ccc(NC(=O)CCc3ccccc3)cn2)cc1. The fraction of sp³-hybridized carbons (Fsp3) is 0.136. The summed E-state index contributed by atoms with van der Waals surface area (Å²) in [5.41, 5.74) is 3.31. The fourth-order valence-corrected chi connectivity index (χ4v) is 2.60. The summed E-state index contributed by atoms with van der Waals surface area (Å²) < 4.78 is 0. The van der Waals surface area contributed by atoms with Gasteiger partial charge >= 0.3 is 0 Å². The maximum Gasteiger partial charge on any atom is 0.224 e. The summed E-state index contributed by atoms with van der Waals surface area (Å²) in [7, 11) is 0. The Bertz CT molecular complexity index is 905. The summed E-state index contributed by atoms with van der Waals surface area (Å²) in [5.74, 6) is 0.654. The van der Waals surface area contributed by atoms with E-state index >= 15 is 0 Å². The van der Waals surface area contributed by atoms with Gasteiger partial charge in [0.15, 0.2) is 5.78 Å². The molecule has 0 aliphatic heterocycles. The van der Waals surface area contributed by atoms with Crippen LogP contribution in [0.3, 0.4) is 0 Å². The zero-order valence-corrected chi connectivity index (χ0v) is 15.1. The zero-order chi connectivity index (χ0) is 19.1. The molecule has 5 heteroatoms. The molecule has 136 valence electrons. The van der Waals surface area contributed by atoms with E-state index in [-0.39, 0.29) is 11.7 Å². The largest absolute Gasteiger partial charge is 0.340 e. The first-order chi connectivity index (χ1) is 13.1. The molecule has 0 bridgehead atoms. The number of pyridine rings is 1. The molecule has 0 spiro atoms. The van der Waals surface area contributed by atoms with Crippen LogP contribution in [0.25, 0.3) is 0 Å². The summed E-state index contributed by atoms with van der Waals surface area (Å²) >= 11 is 0. The van der Waals surface area contributed by atoms with Crippen LogP contribution in [0.4, 0.5) is 17.2 Å². The molecule has 1 amide bonds. The molecular formula is C22H21N3O2. The van der Waals surface area contributed by atoms with Crippen LogP contribution >= 0.6 is 0 Å². The number of ketones is 1. The number of anilines is 3. The molecule has 3 aromatic rings. The van der Waals surface area contributed by atoms with Gasteiger partial charge in [-0.3, -0.25) is 9.59 Å². The van der Waals surface area contributed by atoms with Gasteiger partial charge in [-0.15, -0.1) is 0 Å². The van der Waals surface area contributed by atoms with Gasteiger partial charge in [0, 0.05) is 17.7 Å². The van der Waals surface area contributed by atoms with Crippen LogP contribution in [0.1, 0.15) is 29.3 Å². The summed E-state index contributed by atoms with van der Waals surface area (Å²) in [5, 5.41) is 6.02. The van der Waals surface area contributed by atoms with E-state index in [0.29, 0.717) is 29.9 Å². The fourth-order valence-electron chi connectivity index (χ4n) is 2.60. The molecule has 1 heterocycles. The lowest BCUT2D eigenvalue weighted by atomic mass is 10.1. The Morgan fingerprint density at radius 2 is 1.59 bits per heavy atom. The van der Waals surface area contributed by atoms with Crippen molar-refractivity contribution in [3.05, 3.63) is 84.1 Å². The smallest absolute Gasteiger partial charge is 0.224 e. The van der Waals surface area contributed by atoms with Gasteiger partial charge in [0.25, 0.3) is 0 Å². The lowest BCUT2D eigenvalue weighted by Gasteiger charge is -2.08. The van der Waals surface area contributed by atoms with Crippen LogP contribution in [0.5, 0.6) is 0 Å². The maximum absolute atomic E-state index is 12.1. The maximum atomic E-state index is 12.1. The molecular weight excluding hydrogens is 338 g/mol. The van der Waals surface area contributed by atoms with Crippen molar-refractivity contribution < 1.29 is 9.59 Å². The average molecular weight is 359 g/mol. The number of aromatic nitrogens is 1. The molecule has 0 saturated carbocycles. The van der Waals surface area contributed by atoms with E-state index < -0.39 is 0 Å². The van der Waals surface area contributed by atoms with Gasteiger partial charge in [0.1, 0.15) is 5.82 Å². The first-order valence-electron chi connectivity index (χ1n) is 8.78. The van der Waals surface area contributed by atoms with Crippen molar-refractivity contribution in [1.29, 1.82) is 0 Å². The number of Topliss-reactive ketones (excluding diaryl/α,β-unsaturated/α-hetero) is 1. The molecule has 1 aromatic heterocycles. The minimum absolute atomic E-state index is 0.0343. The first kappa shape index (κ1) is 18.3. The van der Waals surface area contributed by atoms with E-state index in [1.807, 2.05) is 42.5 Å². The van der Waals surface area contributed by atoms with Gasteiger partial charge < -0.3 is 10.6 Å². The lowest BCUT2D eigenvalue weighted by molar-refractivity contribution is -0.116. The Morgan fingerprint density at radius 3 is 2.22 bits per heavy atom. The second-order valence-corrected chi connectivity index (χ2v) is 6.22. The van der Waals surface area contributed by atoms with Crippen LogP contribution in [0, 0.1) is 0 Å². The minimum Gasteiger partial charge on any atom is -0.340 e. The summed E-state index contributed by atoms with van der Waals surface area (Å²) in [6, 6.07) is 20.7. The van der Waals surface area contributed by atoms with E-state index in [1.54, 1.807) is 30.5 Å². The standard InChI is InChI=1S/C22H21N3O2/c1-16(26)18-8-10-19(11-9-18)24-21-13-12-20(15-23-21)25-22(27)14-7-17-5-3-2-4-6-17/h2-6,8-13,15H,7,14H2,1H3,(H,23,24)(H,25,27). The topological polar surface area (TPSA) is 71.1 Å². The minimum atomic E-state index is -0.0406. The highest BCUT2D eigenvalue weighted by atomic mass is 16.1. The number of hydrogen-bond acceptors (Lipinski definition) is 4. The summed E-state index contributed by atoms with van der Waals surface area (Å²) in [6.07, 6.45) is 2.75. The normalized spacial score (nSPS) is 10.3. The summed E-state index contributed by atoms with van der Waals surface area (Å²) in [4.78, 5) is 27.7. The van der Waals surface area contributed by atoms with E-state index in [2.05, 4.69) is 15.6 Å². The molecule has 0 unspecified atom stereocenters. The van der Waals surface area contributed by atoms with Crippen LogP contribution in [0.2, 0.25) is 0 Å². The van der Waals surface area contributed by atoms with E-state index in [9.17, 15) is 9.59 Å². The second-order valence-electron chi connectivity index (χ2n) is 6.22. The third-order valence-electron chi connectivity index (χ3n) is 4.09. The predicted molar refractivity (Wildman–Crippen MR) is 107 cm³/mol. The molecule has 2 aromatic carbocycles. The van der Waals surface area contributed by atoms with Crippen molar-refractivity contribution in [2.45, 2.75) is 19.8 Å². The number of hydrogen-bond donors (Lipinski definition) is 2. The molecule has 0 radical (unpaired) electrons. The number of nitrogens with one attached hydrogen (secondary N) is 2. The number of rotatable bonds is 7. The number of benzene rings is 2. The Morgan fingerprint density at radius 1 is 0.889 bits per heavy atom. The van der Waals surface area contributed by atoms with Crippen LogP contribution < -0.4 is 10.6 Å². The van der Waals surface area contributed by atoms with Gasteiger partial charge in [-0.05, 0) is 55.3 Å².